The maximum atomic E-state index is 11.8. The van der Waals surface area contributed by atoms with E-state index in [1.54, 1.807) is 6.07 Å². The molecule has 3 aromatic rings. The van der Waals surface area contributed by atoms with Crippen molar-refractivity contribution in [3.63, 3.8) is 0 Å². The molecule has 4 N–H and O–H groups in total. The van der Waals surface area contributed by atoms with E-state index in [1.165, 1.54) is 0 Å². The van der Waals surface area contributed by atoms with E-state index in [1.807, 2.05) is 42.6 Å². The van der Waals surface area contributed by atoms with Gasteiger partial charge in [-0.15, -0.1) is 0 Å². The quantitative estimate of drug-likeness (QED) is 0.475. The summed E-state index contributed by atoms with van der Waals surface area (Å²) in [7, 11) is -2.47. The number of nitrogens with one attached hydrogen (secondary N) is 1. The zero-order chi connectivity index (χ0) is 19.0. The molecule has 1 atom stereocenters. The van der Waals surface area contributed by atoms with Crippen LogP contribution >= 0.6 is 10.6 Å². The molecule has 142 valence electrons. The van der Waals surface area contributed by atoms with Crippen molar-refractivity contribution in [2.24, 2.45) is 0 Å². The molecule has 4 rings (SSSR count). The molecule has 0 bridgehead atoms. The Bertz CT molecular complexity index is 981. The van der Waals surface area contributed by atoms with Crippen LogP contribution in [-0.2, 0) is 0 Å². The lowest BCUT2D eigenvalue weighted by Crippen LogP contribution is -2.05. The maximum absolute atomic E-state index is 11.8. The summed E-state index contributed by atoms with van der Waals surface area (Å²) in [6.45, 7) is 0. The van der Waals surface area contributed by atoms with E-state index in [2.05, 4.69) is 4.98 Å². The molecular formula is C21H23NO4S. The molecule has 1 saturated heterocycles. The second-order valence-corrected chi connectivity index (χ2v) is 9.62. The molecule has 1 aromatic heterocycles. The van der Waals surface area contributed by atoms with Crippen LogP contribution in [0.2, 0.25) is 0 Å². The maximum Gasteiger partial charge on any atom is 0.337 e. The van der Waals surface area contributed by atoms with Crippen molar-refractivity contribution in [2.45, 2.75) is 25.2 Å². The van der Waals surface area contributed by atoms with Crippen molar-refractivity contribution >= 4 is 27.5 Å². The van der Waals surface area contributed by atoms with Gasteiger partial charge in [-0.05, 0) is 54.0 Å². The van der Waals surface area contributed by atoms with Gasteiger partial charge in [0.05, 0.1) is 11.1 Å². The average molecular weight is 385 g/mol. The Kier molecular flexibility index (Phi) is 4.72. The Morgan fingerprint density at radius 3 is 2.56 bits per heavy atom. The summed E-state index contributed by atoms with van der Waals surface area (Å²) in [6, 6.07) is 13.5. The number of benzene rings is 2. The van der Waals surface area contributed by atoms with E-state index in [-0.39, 0.29) is 11.5 Å². The lowest BCUT2D eigenvalue weighted by Gasteiger charge is -2.30. The summed E-state index contributed by atoms with van der Waals surface area (Å²) in [6.07, 6.45) is 4.24. The van der Waals surface area contributed by atoms with E-state index in [0.717, 1.165) is 34.9 Å². The van der Waals surface area contributed by atoms with Crippen LogP contribution in [0.4, 0.5) is 0 Å². The average Bonchev–Trinajstić information content (AvgIpc) is 2.99. The number of aromatic amines is 1. The predicted molar refractivity (Wildman–Crippen MR) is 110 cm³/mol. The monoisotopic (exact) mass is 385 g/mol. The van der Waals surface area contributed by atoms with Gasteiger partial charge >= 0.3 is 5.97 Å². The van der Waals surface area contributed by atoms with Crippen LogP contribution in [0.25, 0.3) is 22.0 Å². The molecule has 0 spiro atoms. The predicted octanol–water partition coefficient (Wildman–Crippen LogP) is 5.55. The third kappa shape index (κ3) is 3.60. The standard InChI is InChI=1S/C21H23NO4S/c23-21(24)18-12-16(14-5-2-1-3-6-14)11-17-19(13-22-20(17)18)15-7-4-9-27(25,26)10-8-15/h1-3,5-6,11-13,15,22,25-26H,4,7-10H2,(H,23,24). The Labute approximate surface area is 159 Å². The van der Waals surface area contributed by atoms with Crippen molar-refractivity contribution in [3.8, 4) is 11.1 Å². The van der Waals surface area contributed by atoms with Crippen LogP contribution in [0, 0.1) is 0 Å². The molecule has 5 nitrogen and oxygen atoms in total. The summed E-state index contributed by atoms with van der Waals surface area (Å²) in [4.78, 5) is 15.0. The molecule has 2 aromatic carbocycles. The summed E-state index contributed by atoms with van der Waals surface area (Å²) in [5.74, 6) is 0.108. The summed E-state index contributed by atoms with van der Waals surface area (Å²) in [5.41, 5.74) is 3.81. The fraction of sp³-hybridized carbons (Fsp3) is 0.286. The van der Waals surface area contributed by atoms with Crippen molar-refractivity contribution < 1.29 is 19.0 Å². The molecule has 6 heteroatoms. The number of fused-ring (bicyclic) bond motifs is 1. The molecule has 2 heterocycles. The number of H-pyrrole nitrogens is 1. The van der Waals surface area contributed by atoms with Gasteiger partial charge in [-0.2, -0.15) is 10.6 Å². The van der Waals surface area contributed by atoms with E-state index in [9.17, 15) is 19.0 Å². The minimum absolute atomic E-state index is 0.195. The lowest BCUT2D eigenvalue weighted by atomic mass is 9.90. The van der Waals surface area contributed by atoms with Crippen LogP contribution in [0.5, 0.6) is 0 Å². The van der Waals surface area contributed by atoms with Gasteiger partial charge in [0.25, 0.3) is 0 Å². The zero-order valence-electron chi connectivity index (χ0n) is 14.9. The SMILES string of the molecule is O=C(O)c1cc(-c2ccccc2)cc2c(C3CCCS(O)(O)CC3)c[nH]c12. The van der Waals surface area contributed by atoms with Crippen LogP contribution in [0.1, 0.15) is 41.1 Å². The normalized spacial score (nSPS) is 20.9. The molecule has 1 unspecified atom stereocenters. The summed E-state index contributed by atoms with van der Waals surface area (Å²) in [5, 5.41) is 10.6. The van der Waals surface area contributed by atoms with E-state index in [4.69, 9.17) is 0 Å². The van der Waals surface area contributed by atoms with Crippen molar-refractivity contribution in [3.05, 3.63) is 59.8 Å². The summed E-state index contributed by atoms with van der Waals surface area (Å²) >= 11 is 0. The molecule has 1 fully saturated rings. The Morgan fingerprint density at radius 2 is 1.81 bits per heavy atom. The largest absolute Gasteiger partial charge is 0.478 e. The third-order valence-electron chi connectivity index (χ3n) is 5.42. The molecule has 27 heavy (non-hydrogen) atoms. The third-order valence-corrected chi connectivity index (χ3v) is 7.25. The zero-order valence-corrected chi connectivity index (χ0v) is 15.7. The first-order chi connectivity index (χ1) is 12.9. The van der Waals surface area contributed by atoms with Gasteiger partial charge in [0.1, 0.15) is 0 Å². The van der Waals surface area contributed by atoms with Gasteiger partial charge in [-0.3, -0.25) is 9.11 Å². The highest BCUT2D eigenvalue weighted by atomic mass is 32.3. The van der Waals surface area contributed by atoms with E-state index >= 15 is 0 Å². The van der Waals surface area contributed by atoms with Crippen molar-refractivity contribution in [1.29, 1.82) is 0 Å². The number of carboxylic acid groups (broad SMARTS) is 1. The molecule has 1 aliphatic heterocycles. The number of carboxylic acids is 1. The van der Waals surface area contributed by atoms with Crippen LogP contribution in [-0.4, -0.2) is 36.7 Å². The van der Waals surface area contributed by atoms with Crippen LogP contribution in [0.3, 0.4) is 0 Å². The minimum Gasteiger partial charge on any atom is -0.478 e. The molecule has 1 aliphatic rings. The van der Waals surface area contributed by atoms with Crippen LogP contribution < -0.4 is 0 Å². The van der Waals surface area contributed by atoms with Crippen LogP contribution in [0.15, 0.2) is 48.7 Å². The first-order valence-electron chi connectivity index (χ1n) is 9.12. The second kappa shape index (κ2) is 7.03. The van der Waals surface area contributed by atoms with Crippen molar-refractivity contribution in [1.82, 2.24) is 4.98 Å². The molecule has 0 saturated carbocycles. The highest BCUT2D eigenvalue weighted by Crippen LogP contribution is 2.47. The van der Waals surface area contributed by atoms with Gasteiger partial charge < -0.3 is 10.1 Å². The lowest BCUT2D eigenvalue weighted by molar-refractivity contribution is 0.0699. The molecular weight excluding hydrogens is 362 g/mol. The first kappa shape index (κ1) is 18.1. The topological polar surface area (TPSA) is 93.6 Å². The van der Waals surface area contributed by atoms with Gasteiger partial charge in [-0.25, -0.2) is 4.79 Å². The Morgan fingerprint density at radius 1 is 1.04 bits per heavy atom. The highest BCUT2D eigenvalue weighted by Gasteiger charge is 2.25. The number of carbonyl (C=O) groups is 1. The smallest absolute Gasteiger partial charge is 0.337 e. The molecule has 0 radical (unpaired) electrons. The number of aromatic carboxylic acids is 1. The van der Waals surface area contributed by atoms with Crippen molar-refractivity contribution in [2.75, 3.05) is 11.5 Å². The fourth-order valence-electron chi connectivity index (χ4n) is 4.01. The van der Waals surface area contributed by atoms with E-state index < -0.39 is 16.6 Å². The first-order valence-corrected chi connectivity index (χ1v) is 11.0. The van der Waals surface area contributed by atoms with Gasteiger partial charge in [-0.1, -0.05) is 30.3 Å². The second-order valence-electron chi connectivity index (χ2n) is 7.20. The van der Waals surface area contributed by atoms with Gasteiger partial charge in [0.15, 0.2) is 0 Å². The van der Waals surface area contributed by atoms with Gasteiger partial charge in [0, 0.05) is 23.1 Å². The Balaban J connectivity index is 1.83. The Hall–Kier alpha value is -2.28. The minimum atomic E-state index is -2.47. The molecule has 0 aliphatic carbocycles. The summed E-state index contributed by atoms with van der Waals surface area (Å²) < 4.78 is 20.1. The molecule has 0 amide bonds. The highest BCUT2D eigenvalue weighted by molar-refractivity contribution is 8.24. The van der Waals surface area contributed by atoms with Gasteiger partial charge in [0.2, 0.25) is 0 Å². The number of aromatic nitrogens is 1. The fourth-order valence-corrected chi connectivity index (χ4v) is 5.50. The van der Waals surface area contributed by atoms with E-state index in [0.29, 0.717) is 23.4 Å². The number of hydrogen-bond acceptors (Lipinski definition) is 3. The number of hydrogen-bond donors (Lipinski definition) is 4. The number of rotatable bonds is 3.